The van der Waals surface area contributed by atoms with E-state index in [-0.39, 0.29) is 16.5 Å². The maximum absolute atomic E-state index is 13.0. The number of aromatic nitrogens is 2. The first-order valence-electron chi connectivity index (χ1n) is 9.07. The van der Waals surface area contributed by atoms with Crippen LogP contribution in [0.4, 0.5) is 0 Å². The summed E-state index contributed by atoms with van der Waals surface area (Å²) in [7, 11) is 0. The second-order valence-corrected chi connectivity index (χ2v) is 11.5. The molecule has 0 saturated heterocycles. The molecule has 0 aliphatic rings. The van der Waals surface area contributed by atoms with Gasteiger partial charge in [0.25, 0.3) is 0 Å². The zero-order valence-electron chi connectivity index (χ0n) is 16.9. The van der Waals surface area contributed by atoms with Gasteiger partial charge in [0.1, 0.15) is 21.8 Å². The molecule has 2 heterocycles. The van der Waals surface area contributed by atoms with Crippen LogP contribution in [0.25, 0.3) is 0 Å². The molecule has 0 radical (unpaired) electrons. The van der Waals surface area contributed by atoms with Crippen LogP contribution >= 0.6 is 34.5 Å². The molecule has 158 valence electrons. The van der Waals surface area contributed by atoms with Gasteiger partial charge >= 0.3 is 0 Å². The van der Waals surface area contributed by atoms with Crippen LogP contribution in [0.2, 0.25) is 10.2 Å². The summed E-state index contributed by atoms with van der Waals surface area (Å²) < 4.78 is 15.8. The highest BCUT2D eigenvalue weighted by molar-refractivity contribution is 7.90. The van der Waals surface area contributed by atoms with Crippen LogP contribution in [-0.2, 0) is 16.9 Å². The number of ketones is 1. The van der Waals surface area contributed by atoms with Crippen molar-refractivity contribution in [3.63, 3.8) is 0 Å². The van der Waals surface area contributed by atoms with Gasteiger partial charge in [-0.2, -0.15) is 0 Å². The summed E-state index contributed by atoms with van der Waals surface area (Å²) in [6.07, 6.45) is 2.70. The van der Waals surface area contributed by atoms with Gasteiger partial charge in [0.15, 0.2) is 0 Å². The van der Waals surface area contributed by atoms with E-state index in [9.17, 15) is 9.35 Å². The minimum absolute atomic E-state index is 0.106. The van der Waals surface area contributed by atoms with E-state index in [4.69, 9.17) is 23.2 Å². The molecule has 0 spiro atoms. The number of benzene rings is 1. The van der Waals surface area contributed by atoms with Crippen molar-refractivity contribution < 1.29 is 9.35 Å². The molecule has 3 aromatic rings. The van der Waals surface area contributed by atoms with Gasteiger partial charge in [0.05, 0.1) is 10.4 Å². The Kier molecular flexibility index (Phi) is 6.91. The lowest BCUT2D eigenvalue weighted by atomic mass is 9.87. The number of nitrogens with one attached hydrogen (secondary N) is 1. The van der Waals surface area contributed by atoms with E-state index in [1.807, 2.05) is 51.3 Å². The summed E-state index contributed by atoms with van der Waals surface area (Å²) in [5.41, 5.74) is 1.03. The second-order valence-electron chi connectivity index (χ2n) is 7.87. The van der Waals surface area contributed by atoms with E-state index in [1.165, 1.54) is 23.9 Å². The average molecular weight is 482 g/mol. The van der Waals surface area contributed by atoms with Crippen molar-refractivity contribution in [3.8, 4) is 0 Å². The van der Waals surface area contributed by atoms with Gasteiger partial charge in [0, 0.05) is 22.6 Å². The maximum Gasteiger partial charge on any atom is 0.207 e. The predicted octanol–water partition coefficient (Wildman–Crippen LogP) is 5.39. The quantitative estimate of drug-likeness (QED) is 0.290. The van der Waals surface area contributed by atoms with Crippen LogP contribution in [0.3, 0.4) is 0 Å². The Morgan fingerprint density at radius 3 is 2.53 bits per heavy atom. The third kappa shape index (κ3) is 4.88. The number of nitrogens with zero attached hydrogens (tertiary/aromatic N) is 2. The van der Waals surface area contributed by atoms with E-state index in [2.05, 4.69) is 14.7 Å². The normalized spacial score (nSPS) is 14.9. The smallest absolute Gasteiger partial charge is 0.207 e. The highest BCUT2D eigenvalue weighted by Gasteiger charge is 2.39. The number of carbonyl (C=O) groups excluding carboxylic acids is 1. The van der Waals surface area contributed by atoms with Gasteiger partial charge in [-0.15, -0.1) is 16.1 Å². The fraction of sp³-hybridized carbons (Fsp3) is 0.286. The monoisotopic (exact) mass is 481 g/mol. The van der Waals surface area contributed by atoms with Gasteiger partial charge in [-0.3, -0.25) is 4.79 Å². The van der Waals surface area contributed by atoms with Crippen LogP contribution in [0.15, 0.2) is 48.2 Å². The van der Waals surface area contributed by atoms with Gasteiger partial charge in [0.2, 0.25) is 5.78 Å². The van der Waals surface area contributed by atoms with Crippen molar-refractivity contribution in [1.82, 2.24) is 14.7 Å². The first-order valence-corrected chi connectivity index (χ1v) is 11.9. The maximum atomic E-state index is 13.0. The largest absolute Gasteiger partial charge is 0.598 e. The Morgan fingerprint density at radius 2 is 1.90 bits per heavy atom. The van der Waals surface area contributed by atoms with Crippen molar-refractivity contribution >= 4 is 51.7 Å². The van der Waals surface area contributed by atoms with Crippen LogP contribution in [0, 0.1) is 0 Å². The lowest BCUT2D eigenvalue weighted by Gasteiger charge is -2.35. The highest BCUT2D eigenvalue weighted by Crippen LogP contribution is 2.36. The van der Waals surface area contributed by atoms with Crippen molar-refractivity contribution in [2.45, 2.75) is 38.0 Å². The first kappa shape index (κ1) is 23.2. The molecule has 9 heteroatoms. The van der Waals surface area contributed by atoms with Gasteiger partial charge in [-0.1, -0.05) is 35.3 Å². The Hall–Kier alpha value is -1.48. The Morgan fingerprint density at radius 1 is 1.17 bits per heavy atom. The third-order valence-electron chi connectivity index (χ3n) is 4.56. The van der Waals surface area contributed by atoms with Crippen molar-refractivity contribution in [2.24, 2.45) is 0 Å². The average Bonchev–Trinajstić information content (AvgIpc) is 3.18. The lowest BCUT2D eigenvalue weighted by molar-refractivity contribution is 0.104. The van der Waals surface area contributed by atoms with Crippen molar-refractivity contribution in [3.05, 3.63) is 80.0 Å². The Labute approximate surface area is 193 Å². The number of halogens is 2. The summed E-state index contributed by atoms with van der Waals surface area (Å²) in [6.45, 7) is 7.62. The van der Waals surface area contributed by atoms with E-state index >= 15 is 0 Å². The molecule has 0 aliphatic heterocycles. The summed E-state index contributed by atoms with van der Waals surface area (Å²) in [4.78, 5) is 21.2. The molecule has 0 fully saturated rings. The summed E-state index contributed by atoms with van der Waals surface area (Å²) in [5, 5.41) is 2.55. The highest BCUT2D eigenvalue weighted by atomic mass is 35.5. The number of thiophene rings is 1. The SMILES string of the molecule is CC(N[S+]([O-])C(C)(C)C)(c1cccc(Cl)c1)c1csc(C(=O)c2cncnc2Cl)c1. The zero-order chi connectivity index (χ0) is 22.1. The molecule has 0 saturated carbocycles. The fourth-order valence-electron chi connectivity index (χ4n) is 2.74. The standard InChI is InChI=1S/C21H21Cl2N3O2S2/c1-20(2,3)30(28)26-21(4,13-6-5-7-15(22)8-13)14-9-17(29-11-14)18(27)16-10-24-12-25-19(16)23/h5-12,26H,1-4H3. The predicted molar refractivity (Wildman–Crippen MR) is 124 cm³/mol. The molecule has 2 unspecified atom stereocenters. The van der Waals surface area contributed by atoms with Gasteiger partial charge in [-0.05, 0) is 62.4 Å². The molecular weight excluding hydrogens is 461 g/mol. The minimum atomic E-state index is -1.37. The number of hydrogen-bond acceptors (Lipinski definition) is 6. The van der Waals surface area contributed by atoms with Crippen molar-refractivity contribution in [1.29, 1.82) is 0 Å². The van der Waals surface area contributed by atoms with E-state index in [0.29, 0.717) is 9.90 Å². The first-order chi connectivity index (χ1) is 14.0. The molecule has 30 heavy (non-hydrogen) atoms. The molecule has 1 N–H and O–H groups in total. The molecular formula is C21H21Cl2N3O2S2. The van der Waals surface area contributed by atoms with Crippen molar-refractivity contribution in [2.75, 3.05) is 0 Å². The minimum Gasteiger partial charge on any atom is -0.598 e. The molecule has 2 atom stereocenters. The Balaban J connectivity index is 2.05. The number of rotatable bonds is 6. The third-order valence-corrected chi connectivity index (χ3v) is 7.74. The topological polar surface area (TPSA) is 77.9 Å². The van der Waals surface area contributed by atoms with E-state index < -0.39 is 21.6 Å². The fourth-order valence-corrected chi connectivity index (χ4v) is 4.99. The van der Waals surface area contributed by atoms with Crippen LogP contribution in [0.5, 0.6) is 0 Å². The Bertz CT molecular complexity index is 1070. The van der Waals surface area contributed by atoms with Gasteiger partial charge < -0.3 is 4.55 Å². The van der Waals surface area contributed by atoms with Crippen LogP contribution in [0.1, 0.15) is 54.1 Å². The molecule has 1 aromatic carbocycles. The van der Waals surface area contributed by atoms with E-state index in [0.717, 1.165) is 11.1 Å². The lowest BCUT2D eigenvalue weighted by Crippen LogP contribution is -2.50. The zero-order valence-corrected chi connectivity index (χ0v) is 20.0. The second kappa shape index (κ2) is 8.94. The number of hydrogen-bond donors (Lipinski definition) is 1. The number of carbonyl (C=O) groups is 1. The van der Waals surface area contributed by atoms with E-state index in [1.54, 1.807) is 12.1 Å². The summed E-state index contributed by atoms with van der Waals surface area (Å²) in [6, 6.07) is 9.16. The van der Waals surface area contributed by atoms with Gasteiger partial charge in [-0.25, -0.2) is 9.97 Å². The molecule has 3 rings (SSSR count). The summed E-state index contributed by atoms with van der Waals surface area (Å²) >= 11 is 12.2. The molecule has 2 aromatic heterocycles. The summed E-state index contributed by atoms with van der Waals surface area (Å²) in [5.74, 6) is -0.262. The molecule has 0 aliphatic carbocycles. The van der Waals surface area contributed by atoms with Crippen LogP contribution in [-0.4, -0.2) is 25.1 Å². The molecule has 0 bridgehead atoms. The molecule has 5 nitrogen and oxygen atoms in total. The molecule has 0 amide bonds. The van der Waals surface area contributed by atoms with Crippen LogP contribution < -0.4 is 4.72 Å².